The largest absolute Gasteiger partial charge is 0.508 e. The number of rotatable bonds is 4. The number of amides is 1. The van der Waals surface area contributed by atoms with Gasteiger partial charge < -0.3 is 26.2 Å². The molecule has 1 saturated carbocycles. The fraction of sp³-hybridized carbons (Fsp3) is 0.440. The molecule has 3 aliphatic carbocycles. The van der Waals surface area contributed by atoms with E-state index in [1.165, 1.54) is 11.8 Å². The number of aryl methyl sites for hydroxylation is 1. The summed E-state index contributed by atoms with van der Waals surface area (Å²) in [6.07, 6.45) is 0.166. The van der Waals surface area contributed by atoms with Crippen LogP contribution >= 0.6 is 0 Å². The Bertz CT molecular complexity index is 1270. The SMILES string of the molecule is CC(=O)Cc1cc(C)c2c(c1O)C(O)=C1C(=O)C3(O)C(O)=C(C(N)=O)C(=O)C(N(C)C)C3CC1C2. The second kappa shape index (κ2) is 8.03. The van der Waals surface area contributed by atoms with Gasteiger partial charge in [-0.05, 0) is 57.8 Å². The number of phenolic OH excluding ortho intramolecular Hbond substituents is 1. The van der Waals surface area contributed by atoms with Gasteiger partial charge in [-0.15, -0.1) is 0 Å². The Labute approximate surface area is 201 Å². The van der Waals surface area contributed by atoms with Crippen molar-refractivity contribution < 1.29 is 39.6 Å². The highest BCUT2D eigenvalue weighted by Crippen LogP contribution is 2.53. The molecule has 0 spiro atoms. The summed E-state index contributed by atoms with van der Waals surface area (Å²) in [5.74, 6) is -7.12. The summed E-state index contributed by atoms with van der Waals surface area (Å²) in [4.78, 5) is 52.0. The third kappa shape index (κ3) is 3.31. The topological polar surface area (TPSA) is 178 Å². The molecule has 1 fully saturated rings. The number of nitrogens with zero attached hydrogens (tertiary/aromatic N) is 1. The van der Waals surface area contributed by atoms with Gasteiger partial charge in [0.25, 0.3) is 5.91 Å². The normalized spacial score (nSPS) is 28.1. The number of likely N-dealkylation sites (N-methyl/N-ethyl adjacent to an activating group) is 1. The summed E-state index contributed by atoms with van der Waals surface area (Å²) >= 11 is 0. The lowest BCUT2D eigenvalue weighted by atomic mass is 9.57. The third-order valence-corrected chi connectivity index (χ3v) is 7.46. The van der Waals surface area contributed by atoms with E-state index in [9.17, 15) is 39.6 Å². The van der Waals surface area contributed by atoms with Crippen LogP contribution in [-0.4, -0.2) is 74.3 Å². The number of hydrogen-bond donors (Lipinski definition) is 5. The van der Waals surface area contributed by atoms with E-state index in [1.807, 2.05) is 0 Å². The molecular weight excluding hydrogens is 456 g/mol. The van der Waals surface area contributed by atoms with Crippen molar-refractivity contribution in [3.63, 3.8) is 0 Å². The first kappa shape index (κ1) is 24.6. The number of ketones is 3. The Balaban J connectivity index is 1.97. The van der Waals surface area contributed by atoms with Crippen LogP contribution in [0.5, 0.6) is 5.75 Å². The van der Waals surface area contributed by atoms with Crippen LogP contribution in [0.3, 0.4) is 0 Å². The van der Waals surface area contributed by atoms with Gasteiger partial charge in [0.05, 0.1) is 11.6 Å². The molecule has 35 heavy (non-hydrogen) atoms. The first-order valence-electron chi connectivity index (χ1n) is 11.2. The second-order valence-corrected chi connectivity index (χ2v) is 9.90. The number of Topliss-reactive ketones (excluding diaryl/α,β-unsaturated/α-hetero) is 3. The highest BCUT2D eigenvalue weighted by atomic mass is 16.3. The lowest BCUT2D eigenvalue weighted by Crippen LogP contribution is -2.65. The van der Waals surface area contributed by atoms with E-state index >= 15 is 0 Å². The van der Waals surface area contributed by atoms with Gasteiger partial charge in [-0.25, -0.2) is 0 Å². The van der Waals surface area contributed by atoms with Crippen molar-refractivity contribution in [2.75, 3.05) is 14.1 Å². The quantitative estimate of drug-likeness (QED) is 0.378. The Hall–Kier alpha value is -3.50. The lowest BCUT2D eigenvalue weighted by molar-refractivity contribution is -0.153. The van der Waals surface area contributed by atoms with Gasteiger partial charge in [-0.1, -0.05) is 6.07 Å². The maximum atomic E-state index is 13.8. The van der Waals surface area contributed by atoms with Crippen LogP contribution in [0.15, 0.2) is 23.0 Å². The highest BCUT2D eigenvalue weighted by molar-refractivity contribution is 6.24. The molecule has 10 heteroatoms. The maximum Gasteiger partial charge on any atom is 0.255 e. The fourth-order valence-corrected chi connectivity index (χ4v) is 5.97. The zero-order chi connectivity index (χ0) is 26.1. The van der Waals surface area contributed by atoms with Crippen molar-refractivity contribution in [3.8, 4) is 5.75 Å². The molecule has 0 aromatic heterocycles. The average molecular weight is 485 g/mol. The first-order chi connectivity index (χ1) is 16.2. The molecule has 0 bridgehead atoms. The number of aliphatic hydroxyl groups excluding tert-OH is 2. The first-order valence-corrected chi connectivity index (χ1v) is 11.2. The van der Waals surface area contributed by atoms with Gasteiger partial charge in [-0.3, -0.25) is 24.1 Å². The molecular formula is C25H28N2O8. The van der Waals surface area contributed by atoms with Crippen molar-refractivity contribution in [2.45, 2.75) is 44.8 Å². The zero-order valence-electron chi connectivity index (χ0n) is 19.9. The van der Waals surface area contributed by atoms with Gasteiger partial charge in [0.15, 0.2) is 11.4 Å². The number of nitrogens with two attached hydrogens (primary N) is 1. The minimum atomic E-state index is -2.67. The predicted octanol–water partition coefficient (Wildman–Crippen LogP) is 0.404. The fourth-order valence-electron chi connectivity index (χ4n) is 5.97. The zero-order valence-corrected chi connectivity index (χ0v) is 19.9. The van der Waals surface area contributed by atoms with Crippen LogP contribution in [0.2, 0.25) is 0 Å². The van der Waals surface area contributed by atoms with E-state index in [2.05, 4.69) is 0 Å². The standard InChI is InChI=1S/C25H28N2O8/c1-9-5-12(6-10(2)28)19(29)16-13(9)7-11-8-14-18(27(3)4)21(31)17(24(26)34)23(33)25(14,35)22(32)15(11)20(16)30/h5,11,14,18,29-30,33,35H,6-8H2,1-4H3,(H2,26,34). The molecule has 186 valence electrons. The molecule has 4 rings (SSSR count). The molecule has 0 aliphatic heterocycles. The number of carbonyl (C=O) groups is 4. The Kier molecular flexibility index (Phi) is 5.65. The summed E-state index contributed by atoms with van der Waals surface area (Å²) in [6, 6.07) is 0.537. The molecule has 0 heterocycles. The molecule has 1 aromatic carbocycles. The lowest BCUT2D eigenvalue weighted by Gasteiger charge is -2.50. The van der Waals surface area contributed by atoms with Gasteiger partial charge in [0.2, 0.25) is 5.78 Å². The van der Waals surface area contributed by atoms with Crippen LogP contribution in [-0.2, 0) is 32.0 Å². The Morgan fingerprint density at radius 1 is 1.20 bits per heavy atom. The van der Waals surface area contributed by atoms with E-state index in [1.54, 1.807) is 27.1 Å². The van der Waals surface area contributed by atoms with Crippen molar-refractivity contribution in [1.29, 1.82) is 0 Å². The number of phenols is 1. The molecule has 4 atom stereocenters. The molecule has 3 aliphatic rings. The summed E-state index contributed by atoms with van der Waals surface area (Å²) in [6.45, 7) is 3.13. The predicted molar refractivity (Wildman–Crippen MR) is 123 cm³/mol. The van der Waals surface area contributed by atoms with E-state index in [0.29, 0.717) is 11.1 Å². The smallest absolute Gasteiger partial charge is 0.255 e. The summed E-state index contributed by atoms with van der Waals surface area (Å²) in [7, 11) is 3.10. The molecule has 10 nitrogen and oxygen atoms in total. The van der Waals surface area contributed by atoms with Crippen LogP contribution in [0.25, 0.3) is 5.76 Å². The number of carbonyl (C=O) groups excluding carboxylic acids is 4. The van der Waals surface area contributed by atoms with Gasteiger partial charge in [0.1, 0.15) is 28.6 Å². The van der Waals surface area contributed by atoms with Crippen LogP contribution < -0.4 is 5.73 Å². The number of fused-ring (bicyclic) bond motifs is 3. The summed E-state index contributed by atoms with van der Waals surface area (Å²) in [5.41, 5.74) is 3.14. The summed E-state index contributed by atoms with van der Waals surface area (Å²) in [5, 5.41) is 44.5. The second-order valence-electron chi connectivity index (χ2n) is 9.90. The van der Waals surface area contributed by atoms with Gasteiger partial charge >= 0.3 is 0 Å². The molecule has 0 radical (unpaired) electrons. The molecule has 4 unspecified atom stereocenters. The Morgan fingerprint density at radius 3 is 2.37 bits per heavy atom. The number of aromatic hydroxyl groups is 1. The van der Waals surface area contributed by atoms with Crippen LogP contribution in [0.4, 0.5) is 0 Å². The Morgan fingerprint density at radius 2 is 1.83 bits per heavy atom. The minimum Gasteiger partial charge on any atom is -0.508 e. The number of hydrogen-bond acceptors (Lipinski definition) is 9. The number of benzene rings is 1. The number of aliphatic hydroxyl groups is 3. The number of primary amides is 1. The van der Waals surface area contributed by atoms with Crippen molar-refractivity contribution in [1.82, 2.24) is 4.90 Å². The van der Waals surface area contributed by atoms with Gasteiger partial charge in [-0.2, -0.15) is 0 Å². The minimum absolute atomic E-state index is 0.00228. The van der Waals surface area contributed by atoms with E-state index < -0.39 is 58.0 Å². The van der Waals surface area contributed by atoms with Crippen molar-refractivity contribution in [3.05, 3.63) is 45.2 Å². The third-order valence-electron chi connectivity index (χ3n) is 7.46. The highest BCUT2D eigenvalue weighted by Gasteiger charge is 2.64. The molecule has 0 saturated heterocycles. The van der Waals surface area contributed by atoms with E-state index in [0.717, 1.165) is 0 Å². The van der Waals surface area contributed by atoms with E-state index in [-0.39, 0.29) is 47.5 Å². The molecule has 1 aromatic rings. The van der Waals surface area contributed by atoms with Crippen LogP contribution in [0.1, 0.15) is 35.6 Å². The average Bonchev–Trinajstić information content (AvgIpc) is 2.73. The molecule has 1 amide bonds. The monoisotopic (exact) mass is 484 g/mol. The van der Waals surface area contributed by atoms with Gasteiger partial charge in [0, 0.05) is 23.5 Å². The van der Waals surface area contributed by atoms with Crippen molar-refractivity contribution >= 4 is 29.0 Å². The van der Waals surface area contributed by atoms with E-state index in [4.69, 9.17) is 5.73 Å². The maximum absolute atomic E-state index is 13.8. The van der Waals surface area contributed by atoms with Crippen LogP contribution in [0, 0.1) is 18.8 Å². The molecule has 6 N–H and O–H groups in total. The summed E-state index contributed by atoms with van der Waals surface area (Å²) < 4.78 is 0. The van der Waals surface area contributed by atoms with Crippen molar-refractivity contribution in [2.24, 2.45) is 17.6 Å².